The van der Waals surface area contributed by atoms with Crippen LogP contribution in [-0.2, 0) is 13.1 Å². The number of nitrogens with zero attached hydrogens (tertiary/aromatic N) is 2. The van der Waals surface area contributed by atoms with Crippen molar-refractivity contribution in [2.24, 2.45) is 0 Å². The molecular weight excluding hydrogens is 416 g/mol. The molecular formula is C23H25BrN2O2. The lowest BCUT2D eigenvalue weighted by Gasteiger charge is -2.34. The minimum absolute atomic E-state index is 0.00621. The van der Waals surface area contributed by atoms with E-state index >= 15 is 0 Å². The number of carbonyl (C=O) groups is 1. The molecule has 1 aliphatic rings. The van der Waals surface area contributed by atoms with Crippen LogP contribution in [-0.4, -0.2) is 21.4 Å². The van der Waals surface area contributed by atoms with Crippen LogP contribution in [0, 0.1) is 0 Å². The maximum Gasteiger partial charge on any atom is 0.290 e. The molecule has 4 nitrogen and oxygen atoms in total. The van der Waals surface area contributed by atoms with Gasteiger partial charge in [0.25, 0.3) is 5.91 Å². The van der Waals surface area contributed by atoms with E-state index in [1.807, 2.05) is 4.90 Å². The van der Waals surface area contributed by atoms with E-state index in [-0.39, 0.29) is 11.9 Å². The van der Waals surface area contributed by atoms with Crippen molar-refractivity contribution in [3.05, 3.63) is 82.5 Å². The predicted molar refractivity (Wildman–Crippen MR) is 113 cm³/mol. The van der Waals surface area contributed by atoms with Crippen LogP contribution < -0.4 is 0 Å². The van der Waals surface area contributed by atoms with Crippen molar-refractivity contribution in [3.63, 3.8) is 0 Å². The average Bonchev–Trinajstić information content (AvgIpc) is 3.40. The second kappa shape index (κ2) is 8.82. The van der Waals surface area contributed by atoms with E-state index in [0.29, 0.717) is 12.3 Å². The Balaban J connectivity index is 1.56. The highest BCUT2D eigenvalue weighted by Crippen LogP contribution is 2.26. The molecule has 2 heterocycles. The van der Waals surface area contributed by atoms with Crippen LogP contribution in [0.2, 0.25) is 0 Å². The average molecular weight is 441 g/mol. The van der Waals surface area contributed by atoms with Gasteiger partial charge in [-0.05, 0) is 54.8 Å². The van der Waals surface area contributed by atoms with Crippen molar-refractivity contribution in [2.75, 3.05) is 0 Å². The number of benzene rings is 1. The first-order valence-corrected chi connectivity index (χ1v) is 10.7. The van der Waals surface area contributed by atoms with E-state index in [0.717, 1.165) is 29.6 Å². The number of hydrogen-bond acceptors (Lipinski definition) is 2. The van der Waals surface area contributed by atoms with E-state index in [4.69, 9.17) is 4.42 Å². The summed E-state index contributed by atoms with van der Waals surface area (Å²) in [6.07, 6.45) is 9.44. The fourth-order valence-corrected chi connectivity index (χ4v) is 4.27. The Morgan fingerprint density at radius 2 is 1.86 bits per heavy atom. The maximum atomic E-state index is 13.2. The van der Waals surface area contributed by atoms with Gasteiger partial charge in [0, 0.05) is 29.0 Å². The second-order valence-corrected chi connectivity index (χ2v) is 8.37. The van der Waals surface area contributed by atoms with Crippen molar-refractivity contribution in [1.29, 1.82) is 0 Å². The molecule has 0 atom stereocenters. The van der Waals surface area contributed by atoms with Gasteiger partial charge in [-0.2, -0.15) is 0 Å². The molecule has 1 aromatic carbocycles. The molecule has 3 aromatic rings. The molecule has 1 fully saturated rings. The van der Waals surface area contributed by atoms with Crippen LogP contribution in [0.25, 0.3) is 0 Å². The van der Waals surface area contributed by atoms with E-state index < -0.39 is 0 Å². The summed E-state index contributed by atoms with van der Waals surface area (Å²) < 4.78 is 8.73. The first kappa shape index (κ1) is 19.1. The monoisotopic (exact) mass is 440 g/mol. The Hall–Kier alpha value is -2.27. The Kier molecular flexibility index (Phi) is 6.01. The van der Waals surface area contributed by atoms with E-state index in [9.17, 15) is 4.79 Å². The van der Waals surface area contributed by atoms with Crippen molar-refractivity contribution < 1.29 is 9.21 Å². The Morgan fingerprint density at radius 1 is 1.07 bits per heavy atom. The van der Waals surface area contributed by atoms with Gasteiger partial charge in [0.15, 0.2) is 5.76 Å². The molecule has 146 valence electrons. The molecule has 0 aliphatic heterocycles. The lowest BCUT2D eigenvalue weighted by atomic mass is 9.94. The van der Waals surface area contributed by atoms with Gasteiger partial charge in [-0.25, -0.2) is 0 Å². The number of aromatic nitrogens is 1. The maximum absolute atomic E-state index is 13.2. The fraction of sp³-hybridized carbons (Fsp3) is 0.348. The molecule has 5 heteroatoms. The van der Waals surface area contributed by atoms with Gasteiger partial charge < -0.3 is 13.9 Å². The third-order valence-electron chi connectivity index (χ3n) is 5.53. The zero-order valence-corrected chi connectivity index (χ0v) is 17.5. The second-order valence-electron chi connectivity index (χ2n) is 7.46. The molecule has 0 radical (unpaired) electrons. The number of hydrogen-bond donors (Lipinski definition) is 0. The summed E-state index contributed by atoms with van der Waals surface area (Å²) in [4.78, 5) is 15.2. The Morgan fingerprint density at radius 3 is 2.57 bits per heavy atom. The molecule has 1 amide bonds. The number of amides is 1. The fourth-order valence-electron chi connectivity index (χ4n) is 4.01. The first-order valence-electron chi connectivity index (χ1n) is 9.93. The predicted octanol–water partition coefficient (Wildman–Crippen LogP) is 5.87. The molecule has 0 spiro atoms. The minimum Gasteiger partial charge on any atom is -0.459 e. The van der Waals surface area contributed by atoms with E-state index in [2.05, 4.69) is 63.1 Å². The van der Waals surface area contributed by atoms with Crippen LogP contribution in [0.15, 0.2) is 69.9 Å². The summed E-state index contributed by atoms with van der Waals surface area (Å²) in [5.41, 5.74) is 2.38. The van der Waals surface area contributed by atoms with Gasteiger partial charge in [-0.1, -0.05) is 47.3 Å². The third-order valence-corrected chi connectivity index (χ3v) is 6.06. The summed E-state index contributed by atoms with van der Waals surface area (Å²) >= 11 is 3.49. The molecule has 2 aromatic heterocycles. The summed E-state index contributed by atoms with van der Waals surface area (Å²) in [5, 5.41) is 0. The standard InChI is InChI=1S/C23H25BrN2O2/c24-19-12-10-18(11-13-19)16-25-14-4-8-21(25)17-26(20-6-2-1-3-7-20)23(27)22-9-5-15-28-22/h4-5,8-15,20H,1-3,6-7,16-17H2. The number of furan rings is 1. The van der Waals surface area contributed by atoms with Crippen molar-refractivity contribution >= 4 is 21.8 Å². The highest BCUT2D eigenvalue weighted by atomic mass is 79.9. The smallest absolute Gasteiger partial charge is 0.290 e. The molecule has 0 saturated heterocycles. The highest BCUT2D eigenvalue weighted by Gasteiger charge is 2.28. The van der Waals surface area contributed by atoms with Crippen LogP contribution in [0.3, 0.4) is 0 Å². The van der Waals surface area contributed by atoms with Crippen LogP contribution in [0.4, 0.5) is 0 Å². The largest absolute Gasteiger partial charge is 0.459 e. The summed E-state index contributed by atoms with van der Waals surface area (Å²) in [5.74, 6) is 0.421. The number of halogens is 1. The number of rotatable bonds is 6. The molecule has 28 heavy (non-hydrogen) atoms. The van der Waals surface area contributed by atoms with Crippen LogP contribution >= 0.6 is 15.9 Å². The van der Waals surface area contributed by atoms with Gasteiger partial charge in [0.1, 0.15) is 0 Å². The minimum atomic E-state index is -0.00621. The van der Waals surface area contributed by atoms with Gasteiger partial charge in [0.2, 0.25) is 0 Å². The van der Waals surface area contributed by atoms with Crippen molar-refractivity contribution in [2.45, 2.75) is 51.2 Å². The zero-order valence-electron chi connectivity index (χ0n) is 15.9. The summed E-state index contributed by atoms with van der Waals surface area (Å²) in [6, 6.07) is 16.4. The van der Waals surface area contributed by atoms with E-state index in [1.54, 1.807) is 18.4 Å². The zero-order chi connectivity index (χ0) is 19.3. The van der Waals surface area contributed by atoms with Gasteiger partial charge in [-0.3, -0.25) is 4.79 Å². The third kappa shape index (κ3) is 4.41. The van der Waals surface area contributed by atoms with Gasteiger partial charge >= 0.3 is 0 Å². The molecule has 0 bridgehead atoms. The summed E-state index contributed by atoms with van der Waals surface area (Å²) in [7, 11) is 0. The van der Waals surface area contributed by atoms with Gasteiger partial charge in [-0.15, -0.1) is 0 Å². The molecule has 0 N–H and O–H groups in total. The number of carbonyl (C=O) groups excluding carboxylic acids is 1. The quantitative estimate of drug-likeness (QED) is 0.480. The van der Waals surface area contributed by atoms with Crippen LogP contribution in [0.5, 0.6) is 0 Å². The highest BCUT2D eigenvalue weighted by molar-refractivity contribution is 9.10. The normalized spacial score (nSPS) is 14.9. The molecule has 0 unspecified atom stereocenters. The lowest BCUT2D eigenvalue weighted by molar-refractivity contribution is 0.0576. The first-order chi connectivity index (χ1) is 13.7. The van der Waals surface area contributed by atoms with Crippen molar-refractivity contribution in [3.8, 4) is 0 Å². The molecule has 1 saturated carbocycles. The Labute approximate surface area is 174 Å². The summed E-state index contributed by atoms with van der Waals surface area (Å²) in [6.45, 7) is 1.40. The topological polar surface area (TPSA) is 38.4 Å². The molecule has 1 aliphatic carbocycles. The van der Waals surface area contributed by atoms with Crippen LogP contribution in [0.1, 0.15) is 53.9 Å². The molecule has 4 rings (SSSR count). The SMILES string of the molecule is O=C(c1ccco1)N(Cc1cccn1Cc1ccc(Br)cc1)C1CCCCC1. The van der Waals surface area contributed by atoms with Crippen molar-refractivity contribution in [1.82, 2.24) is 9.47 Å². The lowest BCUT2D eigenvalue weighted by Crippen LogP contribution is -2.41. The van der Waals surface area contributed by atoms with E-state index in [1.165, 1.54) is 24.8 Å². The van der Waals surface area contributed by atoms with Gasteiger partial charge in [0.05, 0.1) is 12.8 Å². The Bertz CT molecular complexity index is 893.